The second-order valence-corrected chi connectivity index (χ2v) is 5.96. The minimum absolute atomic E-state index is 0.0782. The summed E-state index contributed by atoms with van der Waals surface area (Å²) in [6.07, 6.45) is 0.658. The molecule has 0 bridgehead atoms. The molecule has 2 unspecified atom stereocenters. The zero-order chi connectivity index (χ0) is 14.9. The smallest absolute Gasteiger partial charge is 0.326 e. The predicted octanol–water partition coefficient (Wildman–Crippen LogP) is 2.76. The first-order valence-corrected chi connectivity index (χ1v) is 7.23. The quantitative estimate of drug-likeness (QED) is 0.761. The fourth-order valence-electron chi connectivity index (χ4n) is 2.33. The largest absolute Gasteiger partial charge is 0.480 e. The molecule has 7 heteroatoms. The van der Waals surface area contributed by atoms with Gasteiger partial charge >= 0.3 is 12.0 Å². The van der Waals surface area contributed by atoms with Gasteiger partial charge in [-0.2, -0.15) is 0 Å². The van der Waals surface area contributed by atoms with Crippen molar-refractivity contribution in [1.29, 1.82) is 0 Å². The van der Waals surface area contributed by atoms with Crippen molar-refractivity contribution in [1.82, 2.24) is 4.90 Å². The molecule has 5 nitrogen and oxygen atoms in total. The molecular weight excluding hydrogens is 378 g/mol. The fraction of sp³-hybridized carbons (Fsp3) is 0.385. The monoisotopic (exact) mass is 392 g/mol. The Morgan fingerprint density at radius 2 is 2.20 bits per heavy atom. The van der Waals surface area contributed by atoms with E-state index >= 15 is 0 Å². The van der Waals surface area contributed by atoms with Gasteiger partial charge in [-0.3, -0.25) is 0 Å². The molecule has 0 saturated carbocycles. The molecule has 1 aromatic carbocycles. The molecule has 2 atom stereocenters. The number of carbonyl (C=O) groups is 2. The van der Waals surface area contributed by atoms with E-state index in [0.29, 0.717) is 22.2 Å². The number of aliphatic carboxylic acids is 1. The summed E-state index contributed by atoms with van der Waals surface area (Å²) >= 11 is 1.92. The molecule has 0 spiro atoms. The highest BCUT2D eigenvalue weighted by Crippen LogP contribution is 2.26. The van der Waals surface area contributed by atoms with Crippen LogP contribution in [0, 0.1) is 15.3 Å². The highest BCUT2D eigenvalue weighted by Gasteiger charge is 2.39. The van der Waals surface area contributed by atoms with Crippen LogP contribution in [-0.2, 0) is 4.79 Å². The molecular formula is C13H14FIN2O3. The Bertz CT molecular complexity index is 552. The van der Waals surface area contributed by atoms with Crippen LogP contribution in [0.5, 0.6) is 0 Å². The Labute approximate surface area is 129 Å². The van der Waals surface area contributed by atoms with Crippen LogP contribution in [0.2, 0.25) is 0 Å². The zero-order valence-electron chi connectivity index (χ0n) is 10.8. The number of rotatable bonds is 2. The Balaban J connectivity index is 2.14. The molecule has 0 radical (unpaired) electrons. The second-order valence-electron chi connectivity index (χ2n) is 4.80. The first kappa shape index (κ1) is 15.0. The number of likely N-dealkylation sites (tertiary alicyclic amines) is 1. The number of carboxylic acids is 1. The van der Waals surface area contributed by atoms with Gasteiger partial charge < -0.3 is 15.3 Å². The van der Waals surface area contributed by atoms with Gasteiger partial charge in [0.15, 0.2) is 0 Å². The van der Waals surface area contributed by atoms with Crippen LogP contribution in [0.3, 0.4) is 0 Å². The van der Waals surface area contributed by atoms with E-state index in [4.69, 9.17) is 0 Å². The van der Waals surface area contributed by atoms with Crippen LogP contribution >= 0.6 is 22.6 Å². The van der Waals surface area contributed by atoms with Gasteiger partial charge in [-0.1, -0.05) is 6.92 Å². The van der Waals surface area contributed by atoms with E-state index < -0.39 is 18.0 Å². The van der Waals surface area contributed by atoms with Gasteiger partial charge in [-0.15, -0.1) is 0 Å². The highest BCUT2D eigenvalue weighted by molar-refractivity contribution is 14.1. The molecule has 108 valence electrons. The molecule has 2 N–H and O–H groups in total. The number of anilines is 1. The number of urea groups is 1. The average Bonchev–Trinajstić information content (AvgIpc) is 2.74. The number of carbonyl (C=O) groups excluding carboxylic acids is 1. The van der Waals surface area contributed by atoms with Crippen molar-refractivity contribution < 1.29 is 19.1 Å². The summed E-state index contributed by atoms with van der Waals surface area (Å²) in [6, 6.07) is 2.74. The number of carboxylic acid groups (broad SMARTS) is 1. The summed E-state index contributed by atoms with van der Waals surface area (Å²) in [5, 5.41) is 11.8. The molecule has 1 heterocycles. The summed E-state index contributed by atoms with van der Waals surface area (Å²) in [4.78, 5) is 24.7. The number of halogens is 2. The lowest BCUT2D eigenvalue weighted by molar-refractivity contribution is -0.142. The van der Waals surface area contributed by atoms with E-state index in [1.54, 1.807) is 0 Å². The Morgan fingerprint density at radius 3 is 2.80 bits per heavy atom. The number of amides is 2. The highest BCUT2D eigenvalue weighted by atomic mass is 127. The lowest BCUT2D eigenvalue weighted by Gasteiger charge is -2.23. The van der Waals surface area contributed by atoms with Gasteiger partial charge in [0.25, 0.3) is 0 Å². The van der Waals surface area contributed by atoms with Gasteiger partial charge in [0, 0.05) is 10.1 Å². The minimum atomic E-state index is -1.00. The Hall–Kier alpha value is -1.38. The summed E-state index contributed by atoms with van der Waals surface area (Å²) in [6.45, 7) is 2.22. The SMILES string of the molecule is CC1CCN(C(=O)Nc2ccc(F)cc2I)C1C(=O)O. The van der Waals surface area contributed by atoms with Crippen molar-refractivity contribution >= 4 is 40.3 Å². The first-order valence-electron chi connectivity index (χ1n) is 6.15. The molecule has 2 rings (SSSR count). The molecule has 1 aliphatic rings. The molecule has 1 saturated heterocycles. The van der Waals surface area contributed by atoms with Crippen LogP contribution in [-0.4, -0.2) is 34.6 Å². The van der Waals surface area contributed by atoms with Gasteiger partial charge in [0.1, 0.15) is 11.9 Å². The van der Waals surface area contributed by atoms with Crippen molar-refractivity contribution in [3.8, 4) is 0 Å². The van der Waals surface area contributed by atoms with E-state index in [1.807, 2.05) is 29.5 Å². The summed E-state index contributed by atoms with van der Waals surface area (Å²) in [7, 11) is 0. The fourth-order valence-corrected chi connectivity index (χ4v) is 2.94. The van der Waals surface area contributed by atoms with Crippen molar-refractivity contribution in [3.05, 3.63) is 27.6 Å². The Morgan fingerprint density at radius 1 is 1.50 bits per heavy atom. The molecule has 0 aromatic heterocycles. The van der Waals surface area contributed by atoms with Gasteiger partial charge in [0.05, 0.1) is 5.69 Å². The molecule has 1 fully saturated rings. The van der Waals surface area contributed by atoms with Gasteiger partial charge in [-0.25, -0.2) is 14.0 Å². The van der Waals surface area contributed by atoms with Crippen molar-refractivity contribution in [2.45, 2.75) is 19.4 Å². The molecule has 0 aliphatic carbocycles. The summed E-state index contributed by atoms with van der Waals surface area (Å²) < 4.78 is 13.6. The molecule has 20 heavy (non-hydrogen) atoms. The maximum atomic E-state index is 13.0. The third kappa shape index (κ3) is 3.02. The van der Waals surface area contributed by atoms with Crippen molar-refractivity contribution in [2.24, 2.45) is 5.92 Å². The lowest BCUT2D eigenvalue weighted by atomic mass is 10.0. The van der Waals surface area contributed by atoms with Crippen LogP contribution in [0.25, 0.3) is 0 Å². The zero-order valence-corrected chi connectivity index (χ0v) is 12.9. The maximum absolute atomic E-state index is 13.0. The summed E-state index contributed by atoms with van der Waals surface area (Å²) in [5.74, 6) is -1.46. The number of hydrogen-bond acceptors (Lipinski definition) is 2. The van der Waals surface area contributed by atoms with E-state index in [2.05, 4.69) is 5.32 Å². The number of benzene rings is 1. The average molecular weight is 392 g/mol. The van der Waals surface area contributed by atoms with E-state index in [-0.39, 0.29) is 11.7 Å². The van der Waals surface area contributed by atoms with Gasteiger partial charge in [-0.05, 0) is 53.1 Å². The van der Waals surface area contributed by atoms with Crippen molar-refractivity contribution in [2.75, 3.05) is 11.9 Å². The number of nitrogens with zero attached hydrogens (tertiary/aromatic N) is 1. The van der Waals surface area contributed by atoms with Crippen LogP contribution in [0.1, 0.15) is 13.3 Å². The van der Waals surface area contributed by atoms with Crippen LogP contribution in [0.4, 0.5) is 14.9 Å². The van der Waals surface area contributed by atoms with Crippen LogP contribution in [0.15, 0.2) is 18.2 Å². The van der Waals surface area contributed by atoms with Gasteiger partial charge in [0.2, 0.25) is 0 Å². The van der Waals surface area contributed by atoms with E-state index in [0.717, 1.165) is 0 Å². The Kier molecular flexibility index (Phi) is 4.46. The van der Waals surface area contributed by atoms with Crippen molar-refractivity contribution in [3.63, 3.8) is 0 Å². The van der Waals surface area contributed by atoms with Crippen LogP contribution < -0.4 is 5.32 Å². The standard InChI is InChI=1S/C13H14FIN2O3/c1-7-4-5-17(11(7)12(18)19)13(20)16-10-3-2-8(14)6-9(10)15/h2-3,6-7,11H,4-5H2,1H3,(H,16,20)(H,18,19). The second kappa shape index (κ2) is 5.94. The first-order chi connectivity index (χ1) is 9.40. The maximum Gasteiger partial charge on any atom is 0.326 e. The number of nitrogens with one attached hydrogen (secondary N) is 1. The van der Waals surface area contributed by atoms with E-state index in [9.17, 15) is 19.1 Å². The molecule has 2 amide bonds. The summed E-state index contributed by atoms with van der Waals surface area (Å²) in [5.41, 5.74) is 0.473. The third-order valence-electron chi connectivity index (χ3n) is 3.39. The minimum Gasteiger partial charge on any atom is -0.480 e. The topological polar surface area (TPSA) is 69.6 Å². The molecule has 1 aromatic rings. The number of hydrogen-bond donors (Lipinski definition) is 2. The predicted molar refractivity (Wildman–Crippen MR) is 80.0 cm³/mol. The third-order valence-corrected chi connectivity index (χ3v) is 4.28. The lowest BCUT2D eigenvalue weighted by Crippen LogP contribution is -2.44. The molecule has 1 aliphatic heterocycles. The normalized spacial score (nSPS) is 21.9. The van der Waals surface area contributed by atoms with E-state index in [1.165, 1.54) is 23.1 Å².